The van der Waals surface area contributed by atoms with Crippen LogP contribution in [0.4, 0.5) is 0 Å². The Morgan fingerprint density at radius 3 is 1.58 bits per heavy atom. The zero-order valence-corrected chi connectivity index (χ0v) is 21.3. The van der Waals surface area contributed by atoms with Crippen LogP contribution in [0, 0.1) is 0 Å². The SMILES string of the molecule is OCc1cccc(OC(c2ccccc2)c2cccc(CO)c2Cc2ccccc2)c1Cc1ccccc1. The van der Waals surface area contributed by atoms with Crippen molar-refractivity contribution >= 4 is 0 Å². The molecule has 5 aromatic rings. The van der Waals surface area contributed by atoms with Gasteiger partial charge in [0.25, 0.3) is 0 Å². The molecule has 1 atom stereocenters. The minimum Gasteiger partial charge on any atom is -0.481 e. The van der Waals surface area contributed by atoms with Gasteiger partial charge in [-0.15, -0.1) is 0 Å². The predicted molar refractivity (Wildman–Crippen MR) is 152 cm³/mol. The van der Waals surface area contributed by atoms with Gasteiger partial charge in [-0.1, -0.05) is 121 Å². The zero-order valence-electron chi connectivity index (χ0n) is 21.3. The highest BCUT2D eigenvalue weighted by Gasteiger charge is 2.23. The monoisotopic (exact) mass is 500 g/mol. The van der Waals surface area contributed by atoms with Crippen LogP contribution >= 0.6 is 0 Å². The van der Waals surface area contributed by atoms with Crippen molar-refractivity contribution in [3.05, 3.63) is 172 Å². The molecule has 0 aliphatic carbocycles. The summed E-state index contributed by atoms with van der Waals surface area (Å²) in [7, 11) is 0. The van der Waals surface area contributed by atoms with Gasteiger partial charge in [0.1, 0.15) is 11.9 Å². The number of aliphatic hydroxyl groups is 2. The van der Waals surface area contributed by atoms with Crippen molar-refractivity contribution < 1.29 is 14.9 Å². The number of ether oxygens (including phenoxy) is 1. The quantitative estimate of drug-likeness (QED) is 0.217. The Morgan fingerprint density at radius 1 is 0.500 bits per heavy atom. The van der Waals surface area contributed by atoms with Crippen LogP contribution in [0.25, 0.3) is 0 Å². The molecule has 3 heteroatoms. The van der Waals surface area contributed by atoms with E-state index in [1.807, 2.05) is 84.9 Å². The molecule has 0 fully saturated rings. The standard InChI is InChI=1S/C35H32O3/c36-24-29-18-10-20-31(32(29)22-26-12-4-1-5-13-26)35(28-16-8-3-9-17-28)38-34-21-11-19-30(25-37)33(34)23-27-14-6-2-7-15-27/h1-21,35-37H,22-25H2. The first-order valence-electron chi connectivity index (χ1n) is 13.0. The van der Waals surface area contributed by atoms with Crippen LogP contribution in [-0.4, -0.2) is 10.2 Å². The van der Waals surface area contributed by atoms with Crippen molar-refractivity contribution in [2.24, 2.45) is 0 Å². The lowest BCUT2D eigenvalue weighted by atomic mass is 9.89. The largest absolute Gasteiger partial charge is 0.481 e. The van der Waals surface area contributed by atoms with Crippen LogP contribution in [0.1, 0.15) is 50.6 Å². The molecular weight excluding hydrogens is 468 g/mol. The van der Waals surface area contributed by atoms with E-state index in [-0.39, 0.29) is 13.2 Å². The third-order valence-corrected chi connectivity index (χ3v) is 6.96. The maximum absolute atomic E-state index is 10.3. The molecule has 1 unspecified atom stereocenters. The van der Waals surface area contributed by atoms with Crippen molar-refractivity contribution in [1.29, 1.82) is 0 Å². The molecule has 2 N–H and O–H groups in total. The van der Waals surface area contributed by atoms with Crippen molar-refractivity contribution in [3.8, 4) is 5.75 Å². The molecule has 190 valence electrons. The fraction of sp³-hybridized carbons (Fsp3) is 0.143. The van der Waals surface area contributed by atoms with Crippen molar-refractivity contribution in [2.75, 3.05) is 0 Å². The maximum Gasteiger partial charge on any atom is 0.149 e. The van der Waals surface area contributed by atoms with Crippen molar-refractivity contribution in [3.63, 3.8) is 0 Å². The van der Waals surface area contributed by atoms with Gasteiger partial charge in [0, 0.05) is 17.5 Å². The topological polar surface area (TPSA) is 49.7 Å². The lowest BCUT2D eigenvalue weighted by Crippen LogP contribution is -2.15. The van der Waals surface area contributed by atoms with Crippen LogP contribution in [0.3, 0.4) is 0 Å². The molecule has 0 aromatic heterocycles. The summed E-state index contributed by atoms with van der Waals surface area (Å²) in [6.45, 7) is -0.106. The molecule has 3 nitrogen and oxygen atoms in total. The first kappa shape index (κ1) is 25.5. The Labute approximate surface area is 224 Å². The molecule has 0 spiro atoms. The lowest BCUT2D eigenvalue weighted by molar-refractivity contribution is 0.239. The summed E-state index contributed by atoms with van der Waals surface area (Å²) < 4.78 is 6.92. The molecule has 0 aliphatic rings. The molecule has 5 rings (SSSR count). The fourth-order valence-electron chi connectivity index (χ4n) is 5.00. The van der Waals surface area contributed by atoms with E-state index in [2.05, 4.69) is 42.5 Å². The predicted octanol–water partition coefficient (Wildman–Crippen LogP) is 7.02. The highest BCUT2D eigenvalue weighted by atomic mass is 16.5. The Balaban J connectivity index is 1.62. The fourth-order valence-corrected chi connectivity index (χ4v) is 5.00. The average Bonchev–Trinajstić information content (AvgIpc) is 2.98. The summed E-state index contributed by atoms with van der Waals surface area (Å²) >= 11 is 0. The van der Waals surface area contributed by atoms with E-state index in [9.17, 15) is 10.2 Å². The van der Waals surface area contributed by atoms with Gasteiger partial charge < -0.3 is 14.9 Å². The van der Waals surface area contributed by atoms with Crippen LogP contribution in [0.15, 0.2) is 127 Å². The summed E-state index contributed by atoms with van der Waals surface area (Å²) in [6, 6.07) is 42.7. The highest BCUT2D eigenvalue weighted by molar-refractivity contribution is 5.47. The smallest absolute Gasteiger partial charge is 0.149 e. The summed E-state index contributed by atoms with van der Waals surface area (Å²) in [6.07, 6.45) is 0.944. The Hall–Kier alpha value is -4.18. The molecular formula is C35H32O3. The normalized spacial score (nSPS) is 11.7. The van der Waals surface area contributed by atoms with E-state index in [0.717, 1.165) is 44.7 Å². The van der Waals surface area contributed by atoms with Gasteiger partial charge >= 0.3 is 0 Å². The Morgan fingerprint density at radius 2 is 1.00 bits per heavy atom. The lowest BCUT2D eigenvalue weighted by Gasteiger charge is -2.26. The van der Waals surface area contributed by atoms with E-state index in [1.54, 1.807) is 0 Å². The number of hydrogen-bond donors (Lipinski definition) is 2. The molecule has 0 saturated heterocycles. The zero-order chi connectivity index (χ0) is 26.2. The second-order valence-electron chi connectivity index (χ2n) is 9.43. The van der Waals surface area contributed by atoms with E-state index in [0.29, 0.717) is 12.8 Å². The molecule has 0 bridgehead atoms. The summed E-state index contributed by atoms with van der Waals surface area (Å²) in [5.41, 5.74) is 8.16. The molecule has 38 heavy (non-hydrogen) atoms. The number of rotatable bonds is 10. The van der Waals surface area contributed by atoms with Gasteiger partial charge in [0.05, 0.1) is 13.2 Å². The number of aliphatic hydroxyl groups excluding tert-OH is 2. The molecule has 0 heterocycles. The van der Waals surface area contributed by atoms with E-state index in [1.165, 1.54) is 5.56 Å². The highest BCUT2D eigenvalue weighted by Crippen LogP contribution is 2.36. The Bertz CT molecular complexity index is 1450. The van der Waals surface area contributed by atoms with E-state index < -0.39 is 6.10 Å². The van der Waals surface area contributed by atoms with Crippen molar-refractivity contribution in [2.45, 2.75) is 32.2 Å². The first-order valence-corrected chi connectivity index (χ1v) is 13.0. The van der Waals surface area contributed by atoms with Crippen LogP contribution < -0.4 is 4.74 Å². The molecule has 5 aromatic carbocycles. The van der Waals surface area contributed by atoms with Gasteiger partial charge in [0.15, 0.2) is 0 Å². The second-order valence-corrected chi connectivity index (χ2v) is 9.43. The third-order valence-electron chi connectivity index (χ3n) is 6.96. The summed E-state index contributed by atoms with van der Waals surface area (Å²) in [5, 5.41) is 20.5. The van der Waals surface area contributed by atoms with E-state index >= 15 is 0 Å². The number of benzene rings is 5. The molecule has 0 amide bonds. The maximum atomic E-state index is 10.3. The van der Waals surface area contributed by atoms with Crippen LogP contribution in [-0.2, 0) is 26.1 Å². The van der Waals surface area contributed by atoms with E-state index in [4.69, 9.17) is 4.74 Å². The van der Waals surface area contributed by atoms with Crippen molar-refractivity contribution in [1.82, 2.24) is 0 Å². The molecule has 0 radical (unpaired) electrons. The van der Waals surface area contributed by atoms with Crippen LogP contribution in [0.2, 0.25) is 0 Å². The Kier molecular flexibility index (Phi) is 8.29. The molecule has 0 saturated carbocycles. The minimum absolute atomic E-state index is 0.0449. The average molecular weight is 501 g/mol. The summed E-state index contributed by atoms with van der Waals surface area (Å²) in [5.74, 6) is 0.745. The summed E-state index contributed by atoms with van der Waals surface area (Å²) in [4.78, 5) is 0. The third kappa shape index (κ3) is 5.86. The van der Waals surface area contributed by atoms with Crippen LogP contribution in [0.5, 0.6) is 5.75 Å². The van der Waals surface area contributed by atoms with Gasteiger partial charge in [-0.3, -0.25) is 0 Å². The minimum atomic E-state index is -0.398. The van der Waals surface area contributed by atoms with Gasteiger partial charge in [-0.25, -0.2) is 0 Å². The molecule has 0 aliphatic heterocycles. The van der Waals surface area contributed by atoms with Gasteiger partial charge in [-0.2, -0.15) is 0 Å². The second kappa shape index (κ2) is 12.4. The first-order chi connectivity index (χ1) is 18.8. The van der Waals surface area contributed by atoms with Gasteiger partial charge in [0.2, 0.25) is 0 Å². The number of hydrogen-bond acceptors (Lipinski definition) is 3. The van der Waals surface area contributed by atoms with Gasteiger partial charge in [-0.05, 0) is 45.9 Å².